The van der Waals surface area contributed by atoms with Crippen molar-refractivity contribution in [2.45, 2.75) is 46.1 Å². The van der Waals surface area contributed by atoms with Crippen LogP contribution in [0.5, 0.6) is 0 Å². The highest BCUT2D eigenvalue weighted by molar-refractivity contribution is 6.32. The number of hydrogen-bond donors (Lipinski definition) is 1. The number of urea groups is 1. The summed E-state index contributed by atoms with van der Waals surface area (Å²) >= 11 is 6.10. The van der Waals surface area contributed by atoms with Gasteiger partial charge in [0.05, 0.1) is 17.3 Å². The van der Waals surface area contributed by atoms with Crippen LogP contribution in [0, 0.1) is 0 Å². The number of aromatic nitrogens is 1. The maximum atomic E-state index is 12.6. The first kappa shape index (κ1) is 24.4. The van der Waals surface area contributed by atoms with E-state index < -0.39 is 0 Å². The molecule has 0 unspecified atom stereocenters. The molecule has 0 aliphatic rings. The van der Waals surface area contributed by atoms with Crippen LogP contribution in [0.1, 0.15) is 45.6 Å². The maximum Gasteiger partial charge on any atom is 0.338 e. The van der Waals surface area contributed by atoms with Gasteiger partial charge < -0.3 is 10.1 Å². The summed E-state index contributed by atoms with van der Waals surface area (Å²) in [5, 5.41) is 9.07. The molecule has 0 bridgehead atoms. The van der Waals surface area contributed by atoms with Gasteiger partial charge in [-0.2, -0.15) is 5.10 Å². The van der Waals surface area contributed by atoms with E-state index in [1.165, 1.54) is 5.01 Å². The number of ether oxygens (including phenoxy) is 1. The number of unbranched alkanes of at least 4 members (excludes halogenated alkanes) is 2. The standard InChI is InChI=1S/C22H31ClN4O2/c1-5-7-8-15-27(26-16-19-12-14-24-17-21(19)23)22(28)25-13-9-11-20(10-6-2)29-18(3)4/h6,9-12,14,16-18H,2,5,7-8,13,15H2,1,3-4H3,(H,25,28)/b11-9-,20-10+,26-16+. The van der Waals surface area contributed by atoms with Gasteiger partial charge in [-0.15, -0.1) is 0 Å². The Morgan fingerprint density at radius 2 is 2.24 bits per heavy atom. The number of carbonyl (C=O) groups is 1. The zero-order valence-corrected chi connectivity index (χ0v) is 18.2. The third-order valence-electron chi connectivity index (χ3n) is 3.66. The number of hydrazone groups is 1. The summed E-state index contributed by atoms with van der Waals surface area (Å²) in [4.78, 5) is 16.5. The smallest absolute Gasteiger partial charge is 0.338 e. The first-order chi connectivity index (χ1) is 14.0. The second-order valence-electron chi connectivity index (χ2n) is 6.53. The van der Waals surface area contributed by atoms with Crippen molar-refractivity contribution in [2.24, 2.45) is 5.10 Å². The Bertz CT molecular complexity index is 729. The molecule has 1 heterocycles. The summed E-state index contributed by atoms with van der Waals surface area (Å²) in [5.74, 6) is 0.689. The van der Waals surface area contributed by atoms with Crippen LogP contribution in [0.3, 0.4) is 0 Å². The molecule has 6 nitrogen and oxygen atoms in total. The Hall–Kier alpha value is -2.60. The molecule has 0 spiro atoms. The predicted molar refractivity (Wildman–Crippen MR) is 120 cm³/mol. The highest BCUT2D eigenvalue weighted by atomic mass is 35.5. The van der Waals surface area contributed by atoms with Gasteiger partial charge in [0.25, 0.3) is 0 Å². The Morgan fingerprint density at radius 3 is 2.90 bits per heavy atom. The van der Waals surface area contributed by atoms with Gasteiger partial charge in [-0.3, -0.25) is 4.98 Å². The van der Waals surface area contributed by atoms with Gasteiger partial charge in [0.15, 0.2) is 0 Å². The monoisotopic (exact) mass is 418 g/mol. The van der Waals surface area contributed by atoms with Crippen molar-refractivity contribution in [3.63, 3.8) is 0 Å². The zero-order valence-electron chi connectivity index (χ0n) is 17.5. The van der Waals surface area contributed by atoms with Crippen molar-refractivity contribution in [2.75, 3.05) is 13.1 Å². The molecule has 0 saturated carbocycles. The van der Waals surface area contributed by atoms with Gasteiger partial charge in [-0.05, 0) is 38.5 Å². The van der Waals surface area contributed by atoms with Crippen molar-refractivity contribution in [1.82, 2.24) is 15.3 Å². The van der Waals surface area contributed by atoms with E-state index in [0.717, 1.165) is 19.3 Å². The quantitative estimate of drug-likeness (QED) is 0.164. The maximum absolute atomic E-state index is 12.6. The van der Waals surface area contributed by atoms with Gasteiger partial charge >= 0.3 is 6.03 Å². The summed E-state index contributed by atoms with van der Waals surface area (Å²) in [7, 11) is 0. The van der Waals surface area contributed by atoms with E-state index in [9.17, 15) is 4.79 Å². The molecule has 1 aromatic heterocycles. The first-order valence-corrected chi connectivity index (χ1v) is 10.2. The van der Waals surface area contributed by atoms with Crippen molar-refractivity contribution in [1.29, 1.82) is 0 Å². The Balaban J connectivity index is 2.71. The lowest BCUT2D eigenvalue weighted by Gasteiger charge is -2.17. The van der Waals surface area contributed by atoms with Gasteiger partial charge in [0, 0.05) is 31.0 Å². The molecule has 0 atom stereocenters. The van der Waals surface area contributed by atoms with Gasteiger partial charge in [-0.1, -0.05) is 50.1 Å². The number of halogens is 1. The van der Waals surface area contributed by atoms with Crippen LogP contribution >= 0.6 is 11.6 Å². The topological polar surface area (TPSA) is 66.8 Å². The predicted octanol–water partition coefficient (Wildman–Crippen LogP) is 5.32. The largest absolute Gasteiger partial charge is 0.491 e. The van der Waals surface area contributed by atoms with Crippen molar-refractivity contribution < 1.29 is 9.53 Å². The van der Waals surface area contributed by atoms with E-state index in [0.29, 0.717) is 29.4 Å². The number of hydrogen-bond acceptors (Lipinski definition) is 4. The molecule has 0 aliphatic carbocycles. The number of amides is 2. The lowest BCUT2D eigenvalue weighted by atomic mass is 10.2. The molecular weight excluding hydrogens is 388 g/mol. The molecule has 1 rings (SSSR count). The van der Waals surface area contributed by atoms with E-state index >= 15 is 0 Å². The summed E-state index contributed by atoms with van der Waals surface area (Å²) < 4.78 is 5.65. The highest BCUT2D eigenvalue weighted by Gasteiger charge is 2.11. The molecular formula is C22H31ClN4O2. The number of allylic oxidation sites excluding steroid dienone is 3. The number of nitrogens with one attached hydrogen (secondary N) is 1. The van der Waals surface area contributed by atoms with E-state index in [2.05, 4.69) is 28.9 Å². The summed E-state index contributed by atoms with van der Waals surface area (Å²) in [6, 6.07) is 1.48. The molecule has 2 amide bonds. The van der Waals surface area contributed by atoms with Gasteiger partial charge in [0.1, 0.15) is 5.76 Å². The lowest BCUT2D eigenvalue weighted by molar-refractivity contribution is 0.158. The fourth-order valence-corrected chi connectivity index (χ4v) is 2.45. The fourth-order valence-electron chi connectivity index (χ4n) is 2.28. The van der Waals surface area contributed by atoms with Crippen LogP contribution in [0.25, 0.3) is 0 Å². The molecule has 1 N–H and O–H groups in total. The molecule has 0 aromatic carbocycles. The Kier molecular flexibility index (Phi) is 12.1. The van der Waals surface area contributed by atoms with Crippen LogP contribution in [0.15, 0.2) is 60.2 Å². The number of pyridine rings is 1. The SMILES string of the molecule is C=C/C=C(\C=C/CNC(=O)N(CCCCC)/N=C/c1ccncc1Cl)OC(C)C. The number of nitrogens with zero attached hydrogens (tertiary/aromatic N) is 3. The highest BCUT2D eigenvalue weighted by Crippen LogP contribution is 2.11. The second-order valence-corrected chi connectivity index (χ2v) is 6.94. The van der Waals surface area contributed by atoms with Crippen molar-refractivity contribution in [3.8, 4) is 0 Å². The molecule has 29 heavy (non-hydrogen) atoms. The summed E-state index contributed by atoms with van der Waals surface area (Å²) in [5.41, 5.74) is 0.708. The lowest BCUT2D eigenvalue weighted by Crippen LogP contribution is -2.37. The van der Waals surface area contributed by atoms with Gasteiger partial charge in [-0.25, -0.2) is 9.80 Å². The first-order valence-electron chi connectivity index (χ1n) is 9.82. The van der Waals surface area contributed by atoms with E-state index in [-0.39, 0.29) is 12.1 Å². The average molecular weight is 419 g/mol. The minimum Gasteiger partial charge on any atom is -0.491 e. The third kappa shape index (κ3) is 10.5. The molecule has 158 valence electrons. The second kappa shape index (κ2) is 14.4. The molecule has 0 aliphatic heterocycles. The molecule has 0 radical (unpaired) electrons. The minimum atomic E-state index is -0.272. The van der Waals surface area contributed by atoms with E-state index in [1.807, 2.05) is 26.0 Å². The van der Waals surface area contributed by atoms with Crippen LogP contribution in [-0.4, -0.2) is 41.4 Å². The molecule has 1 aromatic rings. The van der Waals surface area contributed by atoms with Crippen LogP contribution < -0.4 is 5.32 Å². The van der Waals surface area contributed by atoms with E-state index in [1.54, 1.807) is 36.8 Å². The Labute approximate surface area is 179 Å². The summed E-state index contributed by atoms with van der Waals surface area (Å²) in [6.07, 6.45) is 14.8. The molecule has 7 heteroatoms. The average Bonchev–Trinajstić information content (AvgIpc) is 2.68. The van der Waals surface area contributed by atoms with E-state index in [4.69, 9.17) is 16.3 Å². The molecule has 0 fully saturated rings. The Morgan fingerprint density at radius 1 is 1.45 bits per heavy atom. The fraction of sp³-hybridized carbons (Fsp3) is 0.409. The van der Waals surface area contributed by atoms with Crippen LogP contribution in [-0.2, 0) is 4.74 Å². The molecule has 0 saturated heterocycles. The van der Waals surface area contributed by atoms with Gasteiger partial charge in [0.2, 0.25) is 0 Å². The number of rotatable bonds is 12. The third-order valence-corrected chi connectivity index (χ3v) is 3.97. The zero-order chi connectivity index (χ0) is 21.5. The van der Waals surface area contributed by atoms with Crippen LogP contribution in [0.4, 0.5) is 4.79 Å². The van der Waals surface area contributed by atoms with Crippen molar-refractivity contribution >= 4 is 23.8 Å². The summed E-state index contributed by atoms with van der Waals surface area (Å²) in [6.45, 7) is 10.6. The normalized spacial score (nSPS) is 12.0. The van der Waals surface area contributed by atoms with Crippen LogP contribution in [0.2, 0.25) is 5.02 Å². The minimum absolute atomic E-state index is 0.0591. The number of carbonyl (C=O) groups excluding carboxylic acids is 1. The van der Waals surface area contributed by atoms with Crippen molar-refractivity contribution in [3.05, 3.63) is 65.7 Å².